The monoisotopic (exact) mass is 812 g/mol. The predicted molar refractivity (Wildman–Crippen MR) is 254 cm³/mol. The summed E-state index contributed by atoms with van der Waals surface area (Å²) in [5, 5.41) is 33.3. The van der Waals surface area contributed by atoms with E-state index in [1.165, 1.54) is 161 Å². The second-order valence-electron chi connectivity index (χ2n) is 17.0. The number of carbonyl (C=O) groups is 1. The molecule has 5 nitrogen and oxygen atoms in total. The molecule has 0 aliphatic carbocycles. The van der Waals surface area contributed by atoms with Crippen LogP contribution in [0.4, 0.5) is 0 Å². The molecule has 0 radical (unpaired) electrons. The Bertz CT molecular complexity index is 985. The van der Waals surface area contributed by atoms with Crippen molar-refractivity contribution in [1.82, 2.24) is 5.32 Å². The highest BCUT2D eigenvalue weighted by Gasteiger charge is 2.20. The SMILES string of the molecule is CCCCCCCCCCC/C=C\C/C=C\CCCCCCCC(O)CC(=O)NC(CO)C(O)/C=C/CC/C=C/CC/C=C/CCCCCCCCCCCCCC. The normalized spacial score (nSPS) is 13.9. The predicted octanol–water partition coefficient (Wildman–Crippen LogP) is 15.0. The van der Waals surface area contributed by atoms with Crippen LogP contribution < -0.4 is 5.32 Å². The minimum absolute atomic E-state index is 0.00917. The second kappa shape index (κ2) is 47.7. The lowest BCUT2D eigenvalue weighted by Crippen LogP contribution is -2.45. The third-order valence-electron chi connectivity index (χ3n) is 11.3. The van der Waals surface area contributed by atoms with Crippen LogP contribution in [0.2, 0.25) is 0 Å². The summed E-state index contributed by atoms with van der Waals surface area (Å²) in [5.74, 6) is -0.338. The van der Waals surface area contributed by atoms with Crippen LogP contribution in [0.5, 0.6) is 0 Å². The summed E-state index contributed by atoms with van der Waals surface area (Å²) in [4.78, 5) is 12.5. The number of hydrogen-bond donors (Lipinski definition) is 4. The Hall–Kier alpha value is -1.95. The third kappa shape index (κ3) is 43.6. The molecular formula is C53H97NO4. The van der Waals surface area contributed by atoms with Crippen molar-refractivity contribution in [1.29, 1.82) is 0 Å². The standard InChI is InChI=1S/C53H97NO4/c1-3-5-7-9-11-13-15-17-19-21-23-25-27-29-31-33-35-37-39-41-43-45-47-52(57)51(49-55)54-53(58)48-50(56)46-44-42-40-38-36-34-32-30-28-26-24-22-20-18-16-14-12-10-8-6-4-2/h24,26,29-32,37,39,45,47,50-52,55-57H,3-23,25,27-28,33-36,38,40-44,46,48-49H2,1-2H3,(H,54,58)/b26-24-,31-29+,32-30-,39-37+,47-45+. The van der Waals surface area contributed by atoms with Crippen LogP contribution in [0.3, 0.4) is 0 Å². The van der Waals surface area contributed by atoms with E-state index in [1.807, 2.05) is 6.08 Å². The van der Waals surface area contributed by atoms with E-state index in [0.717, 1.165) is 57.8 Å². The molecule has 5 heteroatoms. The summed E-state index contributed by atoms with van der Waals surface area (Å²) >= 11 is 0. The summed E-state index contributed by atoms with van der Waals surface area (Å²) in [6.07, 6.45) is 63.8. The molecule has 0 aromatic heterocycles. The second-order valence-corrected chi connectivity index (χ2v) is 17.0. The van der Waals surface area contributed by atoms with Crippen molar-refractivity contribution in [2.45, 2.75) is 263 Å². The van der Waals surface area contributed by atoms with Crippen LogP contribution in [0.1, 0.15) is 245 Å². The number of unbranched alkanes of at least 4 members (excludes halogenated alkanes) is 28. The van der Waals surface area contributed by atoms with Crippen LogP contribution in [0, 0.1) is 0 Å². The molecule has 0 spiro atoms. The first-order chi connectivity index (χ1) is 28.5. The highest BCUT2D eigenvalue weighted by molar-refractivity contribution is 5.76. The van der Waals surface area contributed by atoms with Crippen molar-refractivity contribution in [2.24, 2.45) is 0 Å². The molecule has 58 heavy (non-hydrogen) atoms. The largest absolute Gasteiger partial charge is 0.394 e. The molecule has 1 amide bonds. The van der Waals surface area contributed by atoms with Gasteiger partial charge in [-0.15, -0.1) is 0 Å². The van der Waals surface area contributed by atoms with Gasteiger partial charge in [-0.25, -0.2) is 0 Å². The first kappa shape index (κ1) is 56.0. The highest BCUT2D eigenvalue weighted by atomic mass is 16.3. The maximum atomic E-state index is 12.5. The highest BCUT2D eigenvalue weighted by Crippen LogP contribution is 2.15. The zero-order valence-electron chi connectivity index (χ0n) is 38.4. The Balaban J connectivity index is 3.73. The zero-order chi connectivity index (χ0) is 42.3. The molecule has 0 heterocycles. The molecule has 4 N–H and O–H groups in total. The topological polar surface area (TPSA) is 89.8 Å². The van der Waals surface area contributed by atoms with Crippen molar-refractivity contribution >= 4 is 5.91 Å². The lowest BCUT2D eigenvalue weighted by atomic mass is 10.0. The quantitative estimate of drug-likeness (QED) is 0.0364. The molecule has 3 unspecified atom stereocenters. The Morgan fingerprint density at radius 3 is 1.21 bits per heavy atom. The van der Waals surface area contributed by atoms with Crippen molar-refractivity contribution < 1.29 is 20.1 Å². The van der Waals surface area contributed by atoms with Gasteiger partial charge in [-0.3, -0.25) is 4.79 Å². The van der Waals surface area contributed by atoms with Crippen LogP contribution in [0.25, 0.3) is 0 Å². The van der Waals surface area contributed by atoms with E-state index in [4.69, 9.17) is 0 Å². The van der Waals surface area contributed by atoms with Gasteiger partial charge in [0, 0.05) is 0 Å². The zero-order valence-corrected chi connectivity index (χ0v) is 38.4. The minimum Gasteiger partial charge on any atom is -0.394 e. The van der Waals surface area contributed by atoms with Crippen LogP contribution in [-0.4, -0.2) is 46.1 Å². The molecule has 0 saturated carbocycles. The number of rotatable bonds is 45. The van der Waals surface area contributed by atoms with Crippen LogP contribution in [-0.2, 0) is 4.79 Å². The van der Waals surface area contributed by atoms with Gasteiger partial charge < -0.3 is 20.6 Å². The summed E-state index contributed by atoms with van der Waals surface area (Å²) in [6.45, 7) is 4.20. The van der Waals surface area contributed by atoms with E-state index in [2.05, 4.69) is 67.8 Å². The Morgan fingerprint density at radius 1 is 0.448 bits per heavy atom. The molecule has 0 rings (SSSR count). The van der Waals surface area contributed by atoms with Crippen molar-refractivity contribution in [2.75, 3.05) is 6.61 Å². The fraction of sp³-hybridized carbons (Fsp3) is 0.792. The molecule has 0 aliphatic heterocycles. The van der Waals surface area contributed by atoms with Gasteiger partial charge in [0.25, 0.3) is 0 Å². The first-order valence-electron chi connectivity index (χ1n) is 25.1. The lowest BCUT2D eigenvalue weighted by Gasteiger charge is -2.20. The van der Waals surface area contributed by atoms with Gasteiger partial charge in [0.15, 0.2) is 0 Å². The average molecular weight is 812 g/mol. The molecule has 338 valence electrons. The molecule has 0 bridgehead atoms. The van der Waals surface area contributed by atoms with Gasteiger partial charge in [0.05, 0.1) is 31.3 Å². The van der Waals surface area contributed by atoms with Gasteiger partial charge in [0.1, 0.15) is 0 Å². The molecular weight excluding hydrogens is 715 g/mol. The number of aliphatic hydroxyl groups excluding tert-OH is 3. The average Bonchev–Trinajstić information content (AvgIpc) is 3.22. The van der Waals surface area contributed by atoms with E-state index in [1.54, 1.807) is 6.08 Å². The van der Waals surface area contributed by atoms with E-state index in [-0.39, 0.29) is 18.9 Å². The Kier molecular flexibility index (Phi) is 46.1. The third-order valence-corrected chi connectivity index (χ3v) is 11.3. The van der Waals surface area contributed by atoms with E-state index in [9.17, 15) is 20.1 Å². The molecule has 0 aromatic carbocycles. The van der Waals surface area contributed by atoms with E-state index >= 15 is 0 Å². The van der Waals surface area contributed by atoms with Gasteiger partial charge >= 0.3 is 0 Å². The minimum atomic E-state index is -0.967. The first-order valence-corrected chi connectivity index (χ1v) is 25.1. The Labute approximate surface area is 360 Å². The smallest absolute Gasteiger partial charge is 0.222 e. The number of aliphatic hydroxyl groups is 3. The fourth-order valence-corrected chi connectivity index (χ4v) is 7.40. The molecule has 0 fully saturated rings. The van der Waals surface area contributed by atoms with Crippen LogP contribution in [0.15, 0.2) is 60.8 Å². The van der Waals surface area contributed by atoms with Gasteiger partial charge in [-0.1, -0.05) is 222 Å². The molecule has 0 aliphatic rings. The number of hydrogen-bond acceptors (Lipinski definition) is 4. The van der Waals surface area contributed by atoms with Gasteiger partial charge in [-0.05, 0) is 77.0 Å². The van der Waals surface area contributed by atoms with E-state index in [0.29, 0.717) is 6.42 Å². The Morgan fingerprint density at radius 2 is 0.793 bits per heavy atom. The number of carbonyl (C=O) groups excluding carboxylic acids is 1. The van der Waals surface area contributed by atoms with Crippen LogP contribution >= 0.6 is 0 Å². The summed E-state index contributed by atoms with van der Waals surface area (Å²) < 4.78 is 0. The molecule has 0 saturated heterocycles. The number of amides is 1. The maximum absolute atomic E-state index is 12.5. The molecule has 3 atom stereocenters. The summed E-state index contributed by atoms with van der Waals surface area (Å²) in [7, 11) is 0. The fourth-order valence-electron chi connectivity index (χ4n) is 7.40. The number of nitrogens with one attached hydrogen (secondary N) is 1. The molecule has 0 aromatic rings. The summed E-state index contributed by atoms with van der Waals surface area (Å²) in [5.41, 5.74) is 0. The van der Waals surface area contributed by atoms with Crippen molar-refractivity contribution in [3.05, 3.63) is 60.8 Å². The van der Waals surface area contributed by atoms with Crippen molar-refractivity contribution in [3.8, 4) is 0 Å². The maximum Gasteiger partial charge on any atom is 0.222 e. The van der Waals surface area contributed by atoms with E-state index < -0.39 is 18.2 Å². The van der Waals surface area contributed by atoms with Gasteiger partial charge in [0.2, 0.25) is 5.91 Å². The van der Waals surface area contributed by atoms with Gasteiger partial charge in [-0.2, -0.15) is 0 Å². The number of allylic oxidation sites excluding steroid dienone is 9. The lowest BCUT2D eigenvalue weighted by molar-refractivity contribution is -0.124. The van der Waals surface area contributed by atoms with Crippen molar-refractivity contribution in [3.63, 3.8) is 0 Å². The summed E-state index contributed by atoms with van der Waals surface area (Å²) in [6, 6.07) is -0.775.